The molecule has 4 heterocycles. The monoisotopic (exact) mass is 678 g/mol. The fourth-order valence-electron chi connectivity index (χ4n) is 6.99. The van der Waals surface area contributed by atoms with E-state index in [1.165, 1.54) is 29.1 Å². The van der Waals surface area contributed by atoms with Crippen LogP contribution in [-0.4, -0.2) is 107 Å². The summed E-state index contributed by atoms with van der Waals surface area (Å²) in [7, 11) is 3.60. The number of ether oxygens (including phenoxy) is 1. The molecular formula is C34H42ClFN9O3+. The molecule has 6 rings (SSSR count). The maximum Gasteiger partial charge on any atom is 0.335 e. The Morgan fingerprint density at radius 2 is 1.90 bits per heavy atom. The largest absolute Gasteiger partial charge is 0.465 e. The number of carbonyl (C=O) groups excluding carboxylic acids is 2. The number of piperazine rings is 1. The van der Waals surface area contributed by atoms with Crippen LogP contribution in [0.5, 0.6) is 0 Å². The molecule has 3 atom stereocenters. The predicted octanol–water partition coefficient (Wildman–Crippen LogP) is 4.22. The van der Waals surface area contributed by atoms with Crippen molar-refractivity contribution in [1.29, 1.82) is 0 Å². The van der Waals surface area contributed by atoms with Gasteiger partial charge in [0.25, 0.3) is 0 Å². The summed E-state index contributed by atoms with van der Waals surface area (Å²) in [6, 6.07) is 8.84. The van der Waals surface area contributed by atoms with Crippen molar-refractivity contribution in [2.24, 2.45) is 11.3 Å². The van der Waals surface area contributed by atoms with Crippen LogP contribution in [0.1, 0.15) is 40.0 Å². The van der Waals surface area contributed by atoms with E-state index in [-0.39, 0.29) is 29.1 Å². The summed E-state index contributed by atoms with van der Waals surface area (Å²) in [6.07, 6.45) is 3.52. The van der Waals surface area contributed by atoms with Crippen molar-refractivity contribution in [3.8, 4) is 11.3 Å². The van der Waals surface area contributed by atoms with Crippen molar-refractivity contribution in [1.82, 2.24) is 30.4 Å². The van der Waals surface area contributed by atoms with E-state index < -0.39 is 11.2 Å². The second-order valence-corrected chi connectivity index (χ2v) is 14.1. The molecule has 1 aromatic carbocycles. The lowest BCUT2D eigenvalue weighted by Gasteiger charge is -2.46. The number of hydrogen-bond donors (Lipinski definition) is 1. The van der Waals surface area contributed by atoms with Gasteiger partial charge in [0.1, 0.15) is 11.6 Å². The minimum atomic E-state index is -0.733. The number of cyclic esters (lactones) is 1. The molecule has 3 fully saturated rings. The third-order valence-electron chi connectivity index (χ3n) is 9.74. The number of nitrogens with zero attached hydrogens (tertiary/aromatic N) is 8. The summed E-state index contributed by atoms with van der Waals surface area (Å²) in [5.41, 5.74) is 0.246. The maximum atomic E-state index is 14.9. The SMILES string of the molecule is C=[N+](C(=O)C1CC(N2CC(C)NC(C)C2)C1)c1cc(N(C)c2cc(-c3cc(Cl)ccc3F)nnc2N(C)CC2(C)CCOC2=O)ncn1. The van der Waals surface area contributed by atoms with Gasteiger partial charge in [0.2, 0.25) is 6.33 Å². The van der Waals surface area contributed by atoms with Gasteiger partial charge < -0.3 is 19.9 Å². The van der Waals surface area contributed by atoms with Crippen LogP contribution in [0.25, 0.3) is 11.3 Å². The van der Waals surface area contributed by atoms with E-state index in [0.29, 0.717) is 65.9 Å². The zero-order valence-electron chi connectivity index (χ0n) is 28.0. The van der Waals surface area contributed by atoms with Crippen molar-refractivity contribution in [3.63, 3.8) is 0 Å². The lowest BCUT2D eigenvalue weighted by atomic mass is 9.78. The lowest BCUT2D eigenvalue weighted by Crippen LogP contribution is -2.60. The molecule has 2 saturated heterocycles. The Balaban J connectivity index is 1.25. The van der Waals surface area contributed by atoms with Gasteiger partial charge in [-0.1, -0.05) is 11.6 Å². The molecule has 1 amide bonds. The first kappa shape index (κ1) is 33.8. The van der Waals surface area contributed by atoms with E-state index in [1.54, 1.807) is 24.1 Å². The van der Waals surface area contributed by atoms with Gasteiger partial charge in [0.15, 0.2) is 5.82 Å². The van der Waals surface area contributed by atoms with Gasteiger partial charge in [0, 0.05) is 62.4 Å². The number of hydrogen-bond acceptors (Lipinski definition) is 11. The second kappa shape index (κ2) is 13.4. The van der Waals surface area contributed by atoms with Crippen LogP contribution in [-0.2, 0) is 14.3 Å². The number of nitrogens with one attached hydrogen (secondary N) is 1. The minimum absolute atomic E-state index is 0.0869. The highest BCUT2D eigenvalue weighted by molar-refractivity contribution is 6.30. The topological polar surface area (TPSA) is 120 Å². The van der Waals surface area contributed by atoms with Gasteiger partial charge in [-0.05, 0) is 69.3 Å². The van der Waals surface area contributed by atoms with Gasteiger partial charge in [-0.15, -0.1) is 10.2 Å². The van der Waals surface area contributed by atoms with E-state index in [2.05, 4.69) is 50.9 Å². The smallest absolute Gasteiger partial charge is 0.335 e. The Hall–Kier alpha value is -4.07. The van der Waals surface area contributed by atoms with Crippen LogP contribution >= 0.6 is 11.6 Å². The number of aromatic nitrogens is 4. The number of rotatable bonds is 9. The van der Waals surface area contributed by atoms with E-state index in [9.17, 15) is 14.0 Å². The summed E-state index contributed by atoms with van der Waals surface area (Å²) in [4.78, 5) is 41.0. The molecule has 48 heavy (non-hydrogen) atoms. The number of carbonyl (C=O) groups is 2. The van der Waals surface area contributed by atoms with Crippen molar-refractivity contribution < 1.29 is 23.3 Å². The molecule has 14 heteroatoms. The molecule has 3 unspecified atom stereocenters. The zero-order chi connectivity index (χ0) is 34.3. The van der Waals surface area contributed by atoms with Crippen LogP contribution < -0.4 is 15.1 Å². The normalized spacial score (nSPS) is 25.7. The van der Waals surface area contributed by atoms with Crippen LogP contribution in [0.3, 0.4) is 0 Å². The van der Waals surface area contributed by atoms with Gasteiger partial charge in [-0.25, -0.2) is 9.18 Å². The molecule has 1 saturated carbocycles. The summed E-state index contributed by atoms with van der Waals surface area (Å²) >= 11 is 6.20. The van der Waals surface area contributed by atoms with Gasteiger partial charge in [-0.3, -0.25) is 9.69 Å². The Morgan fingerprint density at radius 3 is 2.58 bits per heavy atom. The number of benzene rings is 1. The average Bonchev–Trinajstić information content (AvgIpc) is 3.36. The molecule has 0 spiro atoms. The molecule has 12 nitrogen and oxygen atoms in total. The van der Waals surface area contributed by atoms with Crippen LogP contribution in [0, 0.1) is 17.2 Å². The number of esters is 1. The third kappa shape index (κ3) is 6.76. The maximum absolute atomic E-state index is 14.9. The predicted molar refractivity (Wildman–Crippen MR) is 182 cm³/mol. The van der Waals surface area contributed by atoms with Crippen molar-refractivity contribution in [2.45, 2.75) is 58.2 Å². The standard InChI is InChI=1S/C34H42ClFN9O3/c1-20-16-45(17-21(2)39-20)24-11-22(12-24)32(46)44(6)30-15-29(37-19-38-30)43(5)28-14-27(25-13-23(35)7-8-26(25)36)40-41-31(28)42(4)18-34(3)9-10-48-33(34)47/h7-8,13-15,19-22,24,39H,6,9-12,16-18H2,1-5H3/q+1. The molecule has 3 aromatic rings. The highest BCUT2D eigenvalue weighted by Gasteiger charge is 2.43. The van der Waals surface area contributed by atoms with Crippen LogP contribution in [0.4, 0.5) is 27.5 Å². The molecular weight excluding hydrogens is 637 g/mol. The molecule has 3 aliphatic rings. The first-order valence-corrected chi connectivity index (χ1v) is 16.6. The molecule has 2 aromatic heterocycles. The number of anilines is 3. The lowest BCUT2D eigenvalue weighted by molar-refractivity contribution is -0.371. The fraction of sp³-hybridized carbons (Fsp3) is 0.500. The van der Waals surface area contributed by atoms with E-state index in [4.69, 9.17) is 16.3 Å². The first-order valence-electron chi connectivity index (χ1n) is 16.2. The van der Waals surface area contributed by atoms with Gasteiger partial charge >= 0.3 is 17.7 Å². The molecule has 254 valence electrons. The summed E-state index contributed by atoms with van der Waals surface area (Å²) in [5, 5.41) is 12.8. The average molecular weight is 679 g/mol. The van der Waals surface area contributed by atoms with E-state index in [0.717, 1.165) is 25.9 Å². The Morgan fingerprint density at radius 1 is 1.17 bits per heavy atom. The summed E-state index contributed by atoms with van der Waals surface area (Å²) in [6.45, 7) is 12.9. The van der Waals surface area contributed by atoms with Crippen molar-refractivity contribution >= 4 is 53.3 Å². The second-order valence-electron chi connectivity index (χ2n) is 13.7. The first-order chi connectivity index (χ1) is 22.8. The Bertz CT molecular complexity index is 1730. The van der Waals surface area contributed by atoms with Gasteiger partial charge in [0.05, 0.1) is 42.1 Å². The molecule has 1 aliphatic carbocycles. The number of amides is 1. The molecule has 2 aliphatic heterocycles. The van der Waals surface area contributed by atoms with Crippen molar-refractivity contribution in [3.05, 3.63) is 47.5 Å². The van der Waals surface area contributed by atoms with Crippen LogP contribution in [0.2, 0.25) is 5.02 Å². The summed E-state index contributed by atoms with van der Waals surface area (Å²) < 4.78 is 21.5. The highest BCUT2D eigenvalue weighted by atomic mass is 35.5. The Labute approximate surface area is 285 Å². The number of halogens is 2. The van der Waals surface area contributed by atoms with Gasteiger partial charge in [-0.2, -0.15) is 9.56 Å². The van der Waals surface area contributed by atoms with E-state index >= 15 is 0 Å². The quantitative estimate of drug-likeness (QED) is 0.199. The summed E-state index contributed by atoms with van der Waals surface area (Å²) in [5.74, 6) is 0.241. The zero-order valence-corrected chi connectivity index (χ0v) is 28.7. The molecule has 0 radical (unpaired) electrons. The van der Waals surface area contributed by atoms with Crippen molar-refractivity contribution in [2.75, 3.05) is 50.1 Å². The minimum Gasteiger partial charge on any atom is -0.465 e. The highest BCUT2D eigenvalue weighted by Crippen LogP contribution is 2.39. The third-order valence-corrected chi connectivity index (χ3v) is 9.97. The Kier molecular flexibility index (Phi) is 9.47. The molecule has 1 N–H and O–H groups in total. The fourth-order valence-corrected chi connectivity index (χ4v) is 7.16. The van der Waals surface area contributed by atoms with Crippen LogP contribution in [0.15, 0.2) is 36.7 Å². The van der Waals surface area contributed by atoms with E-state index in [1.807, 2.05) is 18.9 Å². The molecule has 0 bridgehead atoms.